The number of carbonyl (C=O) groups is 4. The maximum Gasteiger partial charge on any atom is 0.339 e. The molecular formula is C67H91N3O11. The van der Waals surface area contributed by atoms with Gasteiger partial charge in [0.15, 0.2) is 0 Å². The summed E-state index contributed by atoms with van der Waals surface area (Å²) in [4.78, 5) is 59.8. The third-order valence-electron chi connectivity index (χ3n) is 15.4. The molecule has 14 heteroatoms. The van der Waals surface area contributed by atoms with E-state index in [1.165, 1.54) is 19.3 Å². The number of hydrazone groups is 1. The fourth-order valence-corrected chi connectivity index (χ4v) is 10.1. The van der Waals surface area contributed by atoms with E-state index in [9.17, 15) is 19.2 Å². The van der Waals surface area contributed by atoms with Gasteiger partial charge in [-0.25, -0.2) is 14.6 Å². The standard InChI is InChI=1S/C67H91N3O11/c1-7-10-12-14-21-45-76-55-31-25-51(26-32-55)64(71)78-57-33-27-53(28-34-57)66(73)81-60-41-42-61(54(47-60)48-68-70(43-19-13-11-8-2)63(49(4)9-3)69-62-24-18-17-23-50(62)5)67(74)80-58-35-29-52(30-36-58)65(72)79-59-39-37-56(38-40-59)77-46-22-16-15-20-44-75-6/h17-18,23-26,31-32,37-42,47-49,52-53,57-58H,7-16,19-22,27-30,33-36,43-46H2,1-6H3/b68-48+,69-63+. The molecule has 0 heterocycles. The van der Waals surface area contributed by atoms with E-state index in [2.05, 4.69) is 27.7 Å². The highest BCUT2D eigenvalue weighted by Crippen LogP contribution is 2.32. The SMILES string of the molecule is CCCCCCCOc1ccc(C(=O)OC2CCC(C(=O)Oc3ccc(C(=O)OC4CCC(C(=O)Oc5ccc(OCCCCCCOC)cc5)CC4)c(/C=N/N(CCCCCC)/C(=N/c4ccccc4C)C(C)CC)c3)CC2)cc1. The van der Waals surface area contributed by atoms with Gasteiger partial charge in [0.05, 0.1) is 48.1 Å². The molecule has 0 amide bonds. The quantitative estimate of drug-likeness (QED) is 0.0111. The van der Waals surface area contributed by atoms with Gasteiger partial charge in [0.1, 0.15) is 41.0 Å². The number of aryl methyl sites for hydroxylation is 1. The van der Waals surface area contributed by atoms with Gasteiger partial charge in [-0.1, -0.05) is 97.3 Å². The van der Waals surface area contributed by atoms with Crippen LogP contribution in [-0.2, 0) is 23.8 Å². The second kappa shape index (κ2) is 35.3. The van der Waals surface area contributed by atoms with Crippen molar-refractivity contribution in [1.29, 1.82) is 0 Å². The Morgan fingerprint density at radius 2 is 1.09 bits per heavy atom. The fourth-order valence-electron chi connectivity index (χ4n) is 10.1. The first kappa shape index (κ1) is 63.6. The Morgan fingerprint density at radius 1 is 0.580 bits per heavy atom. The lowest BCUT2D eigenvalue weighted by Crippen LogP contribution is -2.32. The van der Waals surface area contributed by atoms with E-state index >= 15 is 0 Å². The lowest BCUT2D eigenvalue weighted by atomic mass is 9.87. The van der Waals surface area contributed by atoms with Gasteiger partial charge < -0.3 is 33.2 Å². The molecular weight excluding hydrogens is 1020 g/mol. The number of benzene rings is 4. The molecule has 0 N–H and O–H groups in total. The van der Waals surface area contributed by atoms with Crippen LogP contribution in [0.5, 0.6) is 23.0 Å². The molecule has 0 radical (unpaired) electrons. The highest BCUT2D eigenvalue weighted by molar-refractivity contribution is 6.00. The summed E-state index contributed by atoms with van der Waals surface area (Å²) in [6.07, 6.45) is 19.8. The molecule has 2 aliphatic rings. The summed E-state index contributed by atoms with van der Waals surface area (Å²) in [5.74, 6) is 0.687. The largest absolute Gasteiger partial charge is 0.494 e. The van der Waals surface area contributed by atoms with E-state index in [1.54, 1.807) is 67.9 Å². The summed E-state index contributed by atoms with van der Waals surface area (Å²) in [6.45, 7) is 13.4. The molecule has 0 bridgehead atoms. The molecule has 440 valence electrons. The van der Waals surface area contributed by atoms with Crippen LogP contribution in [0.4, 0.5) is 5.69 Å². The van der Waals surface area contributed by atoms with Crippen LogP contribution in [0.1, 0.15) is 201 Å². The van der Waals surface area contributed by atoms with Crippen molar-refractivity contribution in [2.45, 2.75) is 188 Å². The first-order valence-corrected chi connectivity index (χ1v) is 30.4. The third kappa shape index (κ3) is 21.7. The number of nitrogens with zero attached hydrogens (tertiary/aromatic N) is 3. The molecule has 1 atom stereocenters. The number of rotatable bonds is 33. The molecule has 0 saturated heterocycles. The Kier molecular flexibility index (Phi) is 27.8. The van der Waals surface area contributed by atoms with Crippen LogP contribution in [0.3, 0.4) is 0 Å². The minimum absolute atomic E-state index is 0.0635. The Hall–Kier alpha value is -6.54. The van der Waals surface area contributed by atoms with Gasteiger partial charge in [-0.2, -0.15) is 5.10 Å². The monoisotopic (exact) mass is 1110 g/mol. The van der Waals surface area contributed by atoms with Crippen LogP contribution in [0.25, 0.3) is 0 Å². The number of carbonyl (C=O) groups excluding carboxylic acids is 4. The summed E-state index contributed by atoms with van der Waals surface area (Å²) in [7, 11) is 1.72. The first-order chi connectivity index (χ1) is 39.5. The molecule has 2 aliphatic carbocycles. The predicted octanol–water partition coefficient (Wildman–Crippen LogP) is 15.6. The van der Waals surface area contributed by atoms with Crippen LogP contribution in [-0.4, -0.2) is 86.6 Å². The number of esters is 4. The van der Waals surface area contributed by atoms with Gasteiger partial charge in [-0.05, 0) is 175 Å². The second-order valence-electron chi connectivity index (χ2n) is 21.9. The molecule has 0 aromatic heterocycles. The smallest absolute Gasteiger partial charge is 0.339 e. The Morgan fingerprint density at radius 3 is 1.65 bits per heavy atom. The fraction of sp³-hybridized carbons (Fsp3) is 0.552. The lowest BCUT2D eigenvalue weighted by Gasteiger charge is -2.27. The lowest BCUT2D eigenvalue weighted by molar-refractivity contribution is -0.141. The predicted molar refractivity (Wildman–Crippen MR) is 319 cm³/mol. The number of aliphatic imine (C=N–C) groups is 1. The van der Waals surface area contributed by atoms with E-state index in [4.69, 9.17) is 43.3 Å². The maximum atomic E-state index is 14.3. The molecule has 6 rings (SSSR count). The van der Waals surface area contributed by atoms with Crippen LogP contribution in [0.15, 0.2) is 101 Å². The minimum Gasteiger partial charge on any atom is -0.494 e. The average Bonchev–Trinajstić information content (AvgIpc) is 3.52. The van der Waals surface area contributed by atoms with Crippen molar-refractivity contribution >= 4 is 41.6 Å². The highest BCUT2D eigenvalue weighted by Gasteiger charge is 2.32. The maximum absolute atomic E-state index is 14.3. The van der Waals surface area contributed by atoms with Crippen LogP contribution in [0, 0.1) is 24.7 Å². The van der Waals surface area contributed by atoms with Gasteiger partial charge in [-0.3, -0.25) is 14.6 Å². The number of amidine groups is 1. The molecule has 4 aromatic carbocycles. The van der Waals surface area contributed by atoms with Crippen LogP contribution >= 0.6 is 0 Å². The first-order valence-electron chi connectivity index (χ1n) is 30.4. The number of hydrogen-bond donors (Lipinski definition) is 0. The van der Waals surface area contributed by atoms with Crippen molar-refractivity contribution < 1.29 is 52.3 Å². The number of methoxy groups -OCH3 is 1. The van der Waals surface area contributed by atoms with E-state index in [1.807, 2.05) is 48.3 Å². The van der Waals surface area contributed by atoms with Crippen LogP contribution < -0.4 is 18.9 Å². The number of ether oxygens (including phenoxy) is 7. The molecule has 4 aromatic rings. The van der Waals surface area contributed by atoms with Gasteiger partial charge >= 0.3 is 23.9 Å². The summed E-state index contributed by atoms with van der Waals surface area (Å²) in [5, 5.41) is 7.03. The van der Waals surface area contributed by atoms with Crippen molar-refractivity contribution in [3.05, 3.63) is 113 Å². The zero-order chi connectivity index (χ0) is 57.6. The van der Waals surface area contributed by atoms with Gasteiger partial charge in [-0.15, -0.1) is 0 Å². The number of hydrogen-bond acceptors (Lipinski definition) is 13. The Balaban J connectivity index is 1.10. The van der Waals surface area contributed by atoms with E-state index in [-0.39, 0.29) is 35.2 Å². The topological polar surface area (TPSA) is 161 Å². The van der Waals surface area contributed by atoms with Crippen molar-refractivity contribution in [1.82, 2.24) is 5.01 Å². The third-order valence-corrected chi connectivity index (χ3v) is 15.4. The van der Waals surface area contributed by atoms with Gasteiger partial charge in [0.25, 0.3) is 0 Å². The summed E-state index contributed by atoms with van der Waals surface area (Å²) in [6, 6.07) is 27.2. The van der Waals surface area contributed by atoms with Crippen LogP contribution in [0.2, 0.25) is 0 Å². The Bertz CT molecular complexity index is 2580. The summed E-state index contributed by atoms with van der Waals surface area (Å²) in [5.41, 5.74) is 3.06. The molecule has 0 spiro atoms. The van der Waals surface area contributed by atoms with Gasteiger partial charge in [0.2, 0.25) is 0 Å². The normalized spacial score (nSPS) is 17.7. The second-order valence-corrected chi connectivity index (χ2v) is 21.9. The highest BCUT2D eigenvalue weighted by atomic mass is 16.6. The molecule has 1 unspecified atom stereocenters. The molecule has 14 nitrogen and oxygen atoms in total. The molecule has 0 aliphatic heterocycles. The summed E-state index contributed by atoms with van der Waals surface area (Å²) >= 11 is 0. The van der Waals surface area contributed by atoms with Crippen molar-refractivity contribution in [3.63, 3.8) is 0 Å². The van der Waals surface area contributed by atoms with Crippen molar-refractivity contribution in [2.75, 3.05) is 33.5 Å². The summed E-state index contributed by atoms with van der Waals surface area (Å²) < 4.78 is 40.8. The van der Waals surface area contributed by atoms with Crippen molar-refractivity contribution in [2.24, 2.45) is 27.8 Å². The molecule has 81 heavy (non-hydrogen) atoms. The Labute approximate surface area is 482 Å². The molecule has 2 saturated carbocycles. The van der Waals surface area contributed by atoms with Gasteiger partial charge in [0, 0.05) is 31.7 Å². The zero-order valence-electron chi connectivity index (χ0n) is 49.3. The minimum atomic E-state index is -0.538. The molecule has 2 fully saturated rings. The number of unbranched alkanes of at least 4 members (excludes halogenated alkanes) is 10. The van der Waals surface area contributed by atoms with E-state index in [0.717, 1.165) is 106 Å². The van der Waals surface area contributed by atoms with E-state index < -0.39 is 29.9 Å². The number of para-hydroxylation sites is 1. The average molecular weight is 1110 g/mol. The van der Waals surface area contributed by atoms with E-state index in [0.29, 0.717) is 88.0 Å². The zero-order valence-corrected chi connectivity index (χ0v) is 49.3. The van der Waals surface area contributed by atoms with Crippen molar-refractivity contribution in [3.8, 4) is 23.0 Å².